The number of carbonyl (C=O) groups is 1. The van der Waals surface area contributed by atoms with Gasteiger partial charge in [0.1, 0.15) is 5.60 Å². The number of rotatable bonds is 1. The number of hydrogen-bond donors (Lipinski definition) is 1. The van der Waals surface area contributed by atoms with Gasteiger partial charge in [-0.3, -0.25) is 0 Å². The monoisotopic (exact) mass is 209 g/mol. The van der Waals surface area contributed by atoms with Crippen molar-refractivity contribution in [2.45, 2.75) is 51.7 Å². The molecule has 0 aromatic rings. The molecule has 3 nitrogen and oxygen atoms in total. The van der Waals surface area contributed by atoms with Crippen LogP contribution >= 0.6 is 0 Å². The number of alkyl carbamates (subject to hydrolysis) is 1. The summed E-state index contributed by atoms with van der Waals surface area (Å²) in [7, 11) is 0. The van der Waals surface area contributed by atoms with E-state index in [1.807, 2.05) is 20.8 Å². The number of nitrogens with one attached hydrogen (secondary N) is 1. The van der Waals surface area contributed by atoms with Crippen molar-refractivity contribution in [2.75, 3.05) is 0 Å². The van der Waals surface area contributed by atoms with Crippen molar-refractivity contribution >= 4 is 6.09 Å². The van der Waals surface area contributed by atoms with Crippen LogP contribution in [0.15, 0.2) is 0 Å². The van der Waals surface area contributed by atoms with Crippen LogP contribution in [0.3, 0.4) is 0 Å². The second-order valence-corrected chi connectivity index (χ2v) is 4.96. The maximum Gasteiger partial charge on any atom is 0.407 e. The molecule has 1 fully saturated rings. The van der Waals surface area contributed by atoms with Gasteiger partial charge in [0.05, 0.1) is 0 Å². The van der Waals surface area contributed by atoms with Crippen molar-refractivity contribution in [3.8, 4) is 12.3 Å². The fourth-order valence-corrected chi connectivity index (χ4v) is 1.79. The van der Waals surface area contributed by atoms with Gasteiger partial charge in [0, 0.05) is 12.0 Å². The van der Waals surface area contributed by atoms with Crippen LogP contribution in [-0.2, 0) is 4.74 Å². The minimum atomic E-state index is -0.450. The molecule has 0 radical (unpaired) electrons. The van der Waals surface area contributed by atoms with Crippen LogP contribution in [0.5, 0.6) is 0 Å². The Morgan fingerprint density at radius 1 is 1.47 bits per heavy atom. The van der Waals surface area contributed by atoms with Crippen molar-refractivity contribution in [2.24, 2.45) is 5.92 Å². The average Bonchev–Trinajstić information content (AvgIpc) is 2.48. The Labute approximate surface area is 91.6 Å². The summed E-state index contributed by atoms with van der Waals surface area (Å²) >= 11 is 0. The van der Waals surface area contributed by atoms with E-state index in [9.17, 15) is 4.79 Å². The Bertz CT molecular complexity index is 272. The van der Waals surface area contributed by atoms with Gasteiger partial charge in [-0.25, -0.2) is 4.79 Å². The molecule has 1 aliphatic carbocycles. The number of carbonyl (C=O) groups excluding carboxylic acids is 1. The summed E-state index contributed by atoms with van der Waals surface area (Å²) in [5, 5.41) is 2.83. The maximum atomic E-state index is 11.5. The largest absolute Gasteiger partial charge is 0.444 e. The molecule has 0 aromatic carbocycles. The van der Waals surface area contributed by atoms with Crippen molar-refractivity contribution in [1.29, 1.82) is 0 Å². The zero-order chi connectivity index (χ0) is 11.5. The van der Waals surface area contributed by atoms with E-state index in [1.165, 1.54) is 0 Å². The van der Waals surface area contributed by atoms with E-state index in [4.69, 9.17) is 11.2 Å². The summed E-state index contributed by atoms with van der Waals surface area (Å²) in [6.07, 6.45) is 8.05. The van der Waals surface area contributed by atoms with Crippen molar-refractivity contribution < 1.29 is 9.53 Å². The molecule has 0 aliphatic heterocycles. The lowest BCUT2D eigenvalue weighted by atomic mass is 10.1. The standard InChI is InChI=1S/C12H19NO2/c1-5-9-7-6-8-10(9)13-11(14)15-12(2,3)4/h1,9-10H,6-8H2,2-4H3,(H,13,14)/t9?,10-/m0/s1. The lowest BCUT2D eigenvalue weighted by Gasteiger charge is -2.23. The summed E-state index contributed by atoms with van der Waals surface area (Å²) in [6, 6.07) is 0.0878. The van der Waals surface area contributed by atoms with E-state index in [0.29, 0.717) is 0 Å². The second kappa shape index (κ2) is 4.57. The number of hydrogen-bond acceptors (Lipinski definition) is 2. The molecule has 1 rings (SSSR count). The third-order valence-corrected chi connectivity index (χ3v) is 2.43. The normalized spacial score (nSPS) is 25.7. The molecule has 2 atom stereocenters. The lowest BCUT2D eigenvalue weighted by Crippen LogP contribution is -2.40. The SMILES string of the molecule is C#CC1CCC[C@@H]1NC(=O)OC(C)(C)C. The second-order valence-electron chi connectivity index (χ2n) is 4.96. The molecule has 0 bridgehead atoms. The molecule has 0 aromatic heterocycles. The highest BCUT2D eigenvalue weighted by Gasteiger charge is 2.28. The molecule has 1 unspecified atom stereocenters. The Hall–Kier alpha value is -1.17. The first kappa shape index (κ1) is 11.9. The van der Waals surface area contributed by atoms with E-state index in [0.717, 1.165) is 19.3 Å². The molecule has 0 saturated heterocycles. The first-order valence-electron chi connectivity index (χ1n) is 5.38. The molecule has 1 N–H and O–H groups in total. The summed E-state index contributed by atoms with van der Waals surface area (Å²) in [6.45, 7) is 5.54. The summed E-state index contributed by atoms with van der Waals surface area (Å²) in [5.41, 5.74) is -0.450. The molecule has 1 saturated carbocycles. The predicted octanol–water partition coefficient (Wildman–Crippen LogP) is 2.31. The summed E-state index contributed by atoms with van der Waals surface area (Å²) in [4.78, 5) is 11.5. The zero-order valence-corrected chi connectivity index (χ0v) is 9.67. The lowest BCUT2D eigenvalue weighted by molar-refractivity contribution is 0.0499. The molecule has 1 amide bonds. The van der Waals surface area contributed by atoms with Gasteiger partial charge >= 0.3 is 6.09 Å². The van der Waals surface area contributed by atoms with Gasteiger partial charge in [-0.05, 0) is 33.6 Å². The smallest absolute Gasteiger partial charge is 0.407 e. The van der Waals surface area contributed by atoms with Crippen LogP contribution in [0.1, 0.15) is 40.0 Å². The minimum absolute atomic E-state index is 0.0878. The molecule has 15 heavy (non-hydrogen) atoms. The van der Waals surface area contributed by atoms with Crippen molar-refractivity contribution in [1.82, 2.24) is 5.32 Å². The van der Waals surface area contributed by atoms with Crippen molar-refractivity contribution in [3.63, 3.8) is 0 Å². The number of terminal acetylenes is 1. The van der Waals surface area contributed by atoms with Gasteiger partial charge in [0.25, 0.3) is 0 Å². The van der Waals surface area contributed by atoms with Gasteiger partial charge in [-0.15, -0.1) is 12.3 Å². The zero-order valence-electron chi connectivity index (χ0n) is 9.67. The fraction of sp³-hybridized carbons (Fsp3) is 0.750. The van der Waals surface area contributed by atoms with Crippen LogP contribution in [0.25, 0.3) is 0 Å². The van der Waals surface area contributed by atoms with Gasteiger partial charge in [-0.2, -0.15) is 0 Å². The summed E-state index contributed by atoms with van der Waals surface area (Å²) in [5.74, 6) is 2.88. The Balaban J connectivity index is 2.42. The molecule has 84 valence electrons. The van der Waals surface area contributed by atoms with Crippen LogP contribution in [0.4, 0.5) is 4.79 Å². The minimum Gasteiger partial charge on any atom is -0.444 e. The average molecular weight is 209 g/mol. The van der Waals surface area contributed by atoms with Gasteiger partial charge < -0.3 is 10.1 Å². The molecule has 0 spiro atoms. The molecule has 1 aliphatic rings. The van der Waals surface area contributed by atoms with E-state index in [-0.39, 0.29) is 18.1 Å². The van der Waals surface area contributed by atoms with Crippen LogP contribution in [0.2, 0.25) is 0 Å². The van der Waals surface area contributed by atoms with Crippen LogP contribution in [0, 0.1) is 18.3 Å². The maximum absolute atomic E-state index is 11.5. The Morgan fingerprint density at radius 3 is 2.67 bits per heavy atom. The first-order chi connectivity index (χ1) is 6.92. The third kappa shape index (κ3) is 3.83. The molecule has 0 heterocycles. The molecular weight excluding hydrogens is 190 g/mol. The van der Waals surface area contributed by atoms with E-state index in [2.05, 4.69) is 11.2 Å². The third-order valence-electron chi connectivity index (χ3n) is 2.43. The summed E-state index contributed by atoms with van der Waals surface area (Å²) < 4.78 is 5.17. The van der Waals surface area contributed by atoms with E-state index >= 15 is 0 Å². The van der Waals surface area contributed by atoms with Gasteiger partial charge in [0.2, 0.25) is 0 Å². The fourth-order valence-electron chi connectivity index (χ4n) is 1.79. The highest BCUT2D eigenvalue weighted by molar-refractivity contribution is 5.68. The van der Waals surface area contributed by atoms with Crippen LogP contribution < -0.4 is 5.32 Å². The predicted molar refractivity (Wildman–Crippen MR) is 59.3 cm³/mol. The van der Waals surface area contributed by atoms with Gasteiger partial charge in [-0.1, -0.05) is 6.42 Å². The highest BCUT2D eigenvalue weighted by Crippen LogP contribution is 2.25. The number of amides is 1. The first-order valence-corrected chi connectivity index (χ1v) is 5.38. The quantitative estimate of drug-likeness (QED) is 0.673. The number of ether oxygens (including phenoxy) is 1. The van der Waals surface area contributed by atoms with Crippen LogP contribution in [-0.4, -0.2) is 17.7 Å². The van der Waals surface area contributed by atoms with Crippen molar-refractivity contribution in [3.05, 3.63) is 0 Å². The highest BCUT2D eigenvalue weighted by atomic mass is 16.6. The molecular formula is C12H19NO2. The van der Waals surface area contributed by atoms with Gasteiger partial charge in [0.15, 0.2) is 0 Å². The van der Waals surface area contributed by atoms with E-state index < -0.39 is 5.60 Å². The van der Waals surface area contributed by atoms with E-state index in [1.54, 1.807) is 0 Å². The Morgan fingerprint density at radius 2 is 2.13 bits per heavy atom. The topological polar surface area (TPSA) is 38.3 Å². The Kier molecular flexibility index (Phi) is 3.62. The molecule has 3 heteroatoms.